The lowest BCUT2D eigenvalue weighted by Crippen LogP contribution is -2.18. The lowest BCUT2D eigenvalue weighted by Gasteiger charge is -2.06. The average Bonchev–Trinajstić information content (AvgIpc) is 3.11. The molecule has 1 aromatic carbocycles. The normalized spacial score (nSPS) is 10.5. The maximum absolute atomic E-state index is 11.8. The number of hydrogen-bond donors (Lipinski definition) is 1. The fourth-order valence-corrected chi connectivity index (χ4v) is 3.00. The van der Waals surface area contributed by atoms with Crippen LogP contribution in [0.15, 0.2) is 54.2 Å². The molecular formula is C18H17N3O2S. The third-order valence-electron chi connectivity index (χ3n) is 3.29. The molecule has 0 aliphatic carbocycles. The maximum atomic E-state index is 11.8. The summed E-state index contributed by atoms with van der Waals surface area (Å²) in [7, 11) is 0. The van der Waals surface area contributed by atoms with Crippen molar-refractivity contribution in [3.63, 3.8) is 0 Å². The van der Waals surface area contributed by atoms with Crippen molar-refractivity contribution in [3.05, 3.63) is 54.2 Å². The number of nitrogens with zero attached hydrogens (tertiary/aromatic N) is 2. The second kappa shape index (κ2) is 7.81. The van der Waals surface area contributed by atoms with E-state index >= 15 is 0 Å². The quantitative estimate of drug-likeness (QED) is 0.741. The van der Waals surface area contributed by atoms with E-state index in [4.69, 9.17) is 4.74 Å². The van der Waals surface area contributed by atoms with Crippen LogP contribution in [0.4, 0.5) is 5.69 Å². The zero-order chi connectivity index (χ0) is 16.8. The summed E-state index contributed by atoms with van der Waals surface area (Å²) >= 11 is 1.57. The lowest BCUT2D eigenvalue weighted by atomic mass is 10.1. The zero-order valence-electron chi connectivity index (χ0n) is 13.2. The molecule has 0 saturated heterocycles. The van der Waals surface area contributed by atoms with Gasteiger partial charge in [0.05, 0.1) is 5.69 Å². The van der Waals surface area contributed by atoms with Crippen LogP contribution in [0.25, 0.3) is 21.8 Å². The summed E-state index contributed by atoms with van der Waals surface area (Å²) in [6, 6.07) is 11.5. The predicted molar refractivity (Wildman–Crippen MR) is 95.9 cm³/mol. The number of aromatic nitrogens is 2. The van der Waals surface area contributed by atoms with E-state index in [1.54, 1.807) is 23.7 Å². The molecule has 0 spiro atoms. The zero-order valence-corrected chi connectivity index (χ0v) is 14.0. The van der Waals surface area contributed by atoms with E-state index in [0.29, 0.717) is 6.61 Å². The first-order chi connectivity index (χ1) is 11.8. The Balaban J connectivity index is 1.77. The van der Waals surface area contributed by atoms with Crippen LogP contribution in [0.1, 0.15) is 6.92 Å². The number of carbonyl (C=O) groups is 1. The molecule has 0 aliphatic heterocycles. The van der Waals surface area contributed by atoms with Gasteiger partial charge in [-0.05, 0) is 31.2 Å². The Morgan fingerprint density at radius 2 is 2.12 bits per heavy atom. The molecule has 24 heavy (non-hydrogen) atoms. The van der Waals surface area contributed by atoms with Gasteiger partial charge < -0.3 is 10.1 Å². The number of nitrogens with one attached hydrogen (secondary N) is 1. The number of hydrogen-bond acceptors (Lipinski definition) is 5. The van der Waals surface area contributed by atoms with E-state index in [2.05, 4.69) is 15.3 Å². The Morgan fingerprint density at radius 1 is 1.25 bits per heavy atom. The fraction of sp³-hybridized carbons (Fsp3) is 0.167. The summed E-state index contributed by atoms with van der Waals surface area (Å²) in [6.45, 7) is 2.43. The number of thiazole rings is 1. The summed E-state index contributed by atoms with van der Waals surface area (Å²) in [4.78, 5) is 20.5. The molecule has 0 unspecified atom stereocenters. The molecular weight excluding hydrogens is 322 g/mol. The molecule has 2 aromatic heterocycles. The van der Waals surface area contributed by atoms with Gasteiger partial charge in [-0.1, -0.05) is 12.1 Å². The van der Waals surface area contributed by atoms with Crippen LogP contribution in [0.3, 0.4) is 0 Å². The van der Waals surface area contributed by atoms with Gasteiger partial charge in [-0.3, -0.25) is 9.78 Å². The lowest BCUT2D eigenvalue weighted by molar-refractivity contribution is -0.120. The van der Waals surface area contributed by atoms with Crippen molar-refractivity contribution < 1.29 is 9.53 Å². The van der Waals surface area contributed by atoms with Crippen LogP contribution >= 0.6 is 11.3 Å². The number of pyridine rings is 1. The van der Waals surface area contributed by atoms with Crippen LogP contribution < -0.4 is 5.32 Å². The minimum atomic E-state index is -0.164. The number of carbonyl (C=O) groups excluding carboxylic acids is 1. The highest BCUT2D eigenvalue weighted by Crippen LogP contribution is 2.29. The Labute approximate surface area is 144 Å². The highest BCUT2D eigenvalue weighted by Gasteiger charge is 2.08. The third-order valence-corrected chi connectivity index (χ3v) is 4.18. The van der Waals surface area contributed by atoms with Crippen LogP contribution in [-0.2, 0) is 9.53 Å². The summed E-state index contributed by atoms with van der Waals surface area (Å²) in [5.41, 5.74) is 3.55. The fourth-order valence-electron chi connectivity index (χ4n) is 2.18. The molecule has 122 valence electrons. The molecule has 0 radical (unpaired) electrons. The largest absolute Gasteiger partial charge is 0.372 e. The van der Waals surface area contributed by atoms with Crippen LogP contribution in [-0.4, -0.2) is 29.1 Å². The SMILES string of the molecule is CCOCC(=O)Nc1cccc(-c2csc(-c3cccnc3)n2)c1. The second-order valence-corrected chi connectivity index (χ2v) is 5.90. The molecule has 0 aliphatic rings. The number of rotatable bonds is 6. The third kappa shape index (κ3) is 4.04. The monoisotopic (exact) mass is 339 g/mol. The summed E-state index contributed by atoms with van der Waals surface area (Å²) < 4.78 is 5.11. The number of ether oxygens (including phenoxy) is 1. The van der Waals surface area contributed by atoms with Gasteiger partial charge in [0.25, 0.3) is 0 Å². The van der Waals surface area contributed by atoms with Gasteiger partial charge in [0.2, 0.25) is 5.91 Å². The van der Waals surface area contributed by atoms with Gasteiger partial charge in [0.15, 0.2) is 0 Å². The average molecular weight is 339 g/mol. The smallest absolute Gasteiger partial charge is 0.250 e. The van der Waals surface area contributed by atoms with E-state index in [-0.39, 0.29) is 12.5 Å². The highest BCUT2D eigenvalue weighted by atomic mass is 32.1. The van der Waals surface area contributed by atoms with Gasteiger partial charge in [0, 0.05) is 41.2 Å². The van der Waals surface area contributed by atoms with Crippen LogP contribution in [0, 0.1) is 0 Å². The first-order valence-electron chi connectivity index (χ1n) is 7.60. The van der Waals surface area contributed by atoms with Gasteiger partial charge in [-0.15, -0.1) is 11.3 Å². The van der Waals surface area contributed by atoms with Crippen molar-refractivity contribution in [2.24, 2.45) is 0 Å². The second-order valence-electron chi connectivity index (χ2n) is 5.05. The Kier molecular flexibility index (Phi) is 5.30. The predicted octanol–water partition coefficient (Wildman–Crippen LogP) is 3.85. The molecule has 0 fully saturated rings. The molecule has 1 N–H and O–H groups in total. The highest BCUT2D eigenvalue weighted by molar-refractivity contribution is 7.13. The van der Waals surface area contributed by atoms with E-state index in [9.17, 15) is 4.79 Å². The van der Waals surface area contributed by atoms with Crippen molar-refractivity contribution in [1.29, 1.82) is 0 Å². The van der Waals surface area contributed by atoms with Crippen molar-refractivity contribution in [3.8, 4) is 21.8 Å². The molecule has 0 atom stereocenters. The van der Waals surface area contributed by atoms with Crippen LogP contribution in [0.5, 0.6) is 0 Å². The molecule has 6 heteroatoms. The van der Waals surface area contributed by atoms with Crippen LogP contribution in [0.2, 0.25) is 0 Å². The molecule has 3 rings (SSSR count). The molecule has 3 aromatic rings. The Bertz CT molecular complexity index is 818. The van der Waals surface area contributed by atoms with Gasteiger partial charge in [-0.25, -0.2) is 4.98 Å². The molecule has 2 heterocycles. The van der Waals surface area contributed by atoms with Crippen molar-refractivity contribution in [2.75, 3.05) is 18.5 Å². The standard InChI is InChI=1S/C18H17N3O2S/c1-2-23-11-17(22)20-15-7-3-5-13(9-15)16-12-24-18(21-16)14-6-4-8-19-10-14/h3-10,12H,2,11H2,1H3,(H,20,22). The van der Waals surface area contributed by atoms with E-state index < -0.39 is 0 Å². The van der Waals surface area contributed by atoms with Crippen molar-refractivity contribution in [2.45, 2.75) is 6.92 Å². The summed E-state index contributed by atoms with van der Waals surface area (Å²) in [6.07, 6.45) is 3.54. The maximum Gasteiger partial charge on any atom is 0.250 e. The molecule has 1 amide bonds. The number of anilines is 1. The number of amides is 1. The van der Waals surface area contributed by atoms with E-state index in [1.807, 2.05) is 48.7 Å². The summed E-state index contributed by atoms with van der Waals surface area (Å²) in [5.74, 6) is -0.164. The van der Waals surface area contributed by atoms with Gasteiger partial charge in [0.1, 0.15) is 11.6 Å². The Hall–Kier alpha value is -2.57. The first kappa shape index (κ1) is 16.3. The van der Waals surface area contributed by atoms with Gasteiger partial charge in [-0.2, -0.15) is 0 Å². The summed E-state index contributed by atoms with van der Waals surface area (Å²) in [5, 5.41) is 5.75. The molecule has 5 nitrogen and oxygen atoms in total. The minimum absolute atomic E-state index is 0.0581. The topological polar surface area (TPSA) is 64.1 Å². The number of benzene rings is 1. The van der Waals surface area contributed by atoms with E-state index in [0.717, 1.165) is 27.5 Å². The first-order valence-corrected chi connectivity index (χ1v) is 8.48. The van der Waals surface area contributed by atoms with Gasteiger partial charge >= 0.3 is 0 Å². The van der Waals surface area contributed by atoms with Crippen molar-refractivity contribution in [1.82, 2.24) is 9.97 Å². The van der Waals surface area contributed by atoms with E-state index in [1.165, 1.54) is 0 Å². The van der Waals surface area contributed by atoms with Crippen molar-refractivity contribution >= 4 is 22.9 Å². The minimum Gasteiger partial charge on any atom is -0.372 e. The molecule has 0 bridgehead atoms. The Morgan fingerprint density at radius 3 is 2.92 bits per heavy atom. The molecule has 0 saturated carbocycles.